The summed E-state index contributed by atoms with van der Waals surface area (Å²) in [6.07, 6.45) is 1.54. The Balaban J connectivity index is 1.87. The van der Waals surface area contributed by atoms with E-state index in [0.29, 0.717) is 49.8 Å². The van der Waals surface area contributed by atoms with E-state index in [1.807, 2.05) is 32.9 Å². The van der Waals surface area contributed by atoms with Gasteiger partial charge in [-0.2, -0.15) is 5.10 Å². The Morgan fingerprint density at radius 2 is 1.96 bits per heavy atom. The van der Waals surface area contributed by atoms with Crippen molar-refractivity contribution in [2.24, 2.45) is 0 Å². The molecule has 0 saturated carbocycles. The topological polar surface area (TPSA) is 76.5 Å². The van der Waals surface area contributed by atoms with Crippen molar-refractivity contribution in [1.29, 1.82) is 0 Å². The second-order valence-electron chi connectivity index (χ2n) is 6.40. The van der Waals surface area contributed by atoms with Crippen LogP contribution in [0.15, 0.2) is 24.4 Å². The first-order valence-electron chi connectivity index (χ1n) is 8.82. The van der Waals surface area contributed by atoms with Gasteiger partial charge in [-0.25, -0.2) is 0 Å². The van der Waals surface area contributed by atoms with E-state index in [1.165, 1.54) is 0 Å². The predicted molar refractivity (Wildman–Crippen MR) is 98.5 cm³/mol. The van der Waals surface area contributed by atoms with Gasteiger partial charge < -0.3 is 15.0 Å². The summed E-state index contributed by atoms with van der Waals surface area (Å²) in [5, 5.41) is 7.12. The van der Waals surface area contributed by atoms with E-state index in [9.17, 15) is 9.59 Å². The first-order valence-corrected chi connectivity index (χ1v) is 8.82. The summed E-state index contributed by atoms with van der Waals surface area (Å²) in [7, 11) is 0. The standard InChI is InChI=1S/C19H24N4O3/c1-4-23-17(19(25)22-7-9-26-10-8-22)16(12-20-23)21-18(24)15-6-5-13(2)11-14(15)3/h5-6,11-12H,4,7-10H2,1-3H3,(H,21,24). The minimum Gasteiger partial charge on any atom is -0.378 e. The van der Waals surface area contributed by atoms with Crippen LogP contribution in [0, 0.1) is 13.8 Å². The molecule has 2 aromatic rings. The molecule has 2 heterocycles. The Kier molecular flexibility index (Phi) is 5.37. The quantitative estimate of drug-likeness (QED) is 0.911. The number of nitrogens with zero attached hydrogens (tertiary/aromatic N) is 3. The lowest BCUT2D eigenvalue weighted by Gasteiger charge is -2.27. The van der Waals surface area contributed by atoms with Crippen LogP contribution in [0.5, 0.6) is 0 Å². The Labute approximate surface area is 152 Å². The van der Waals surface area contributed by atoms with Crippen LogP contribution in [-0.2, 0) is 11.3 Å². The highest BCUT2D eigenvalue weighted by Gasteiger charge is 2.26. The van der Waals surface area contributed by atoms with Gasteiger partial charge in [-0.05, 0) is 32.4 Å². The molecule has 7 heteroatoms. The molecule has 1 fully saturated rings. The highest BCUT2D eigenvalue weighted by atomic mass is 16.5. The zero-order valence-corrected chi connectivity index (χ0v) is 15.4. The van der Waals surface area contributed by atoms with Crippen LogP contribution in [0.3, 0.4) is 0 Å². The van der Waals surface area contributed by atoms with Gasteiger partial charge in [-0.3, -0.25) is 14.3 Å². The summed E-state index contributed by atoms with van der Waals surface area (Å²) in [4.78, 5) is 27.4. The average Bonchev–Trinajstić information content (AvgIpc) is 3.04. The molecule has 2 amide bonds. The summed E-state index contributed by atoms with van der Waals surface area (Å²) >= 11 is 0. The summed E-state index contributed by atoms with van der Waals surface area (Å²) in [6, 6.07) is 5.66. The van der Waals surface area contributed by atoms with E-state index in [2.05, 4.69) is 10.4 Å². The van der Waals surface area contributed by atoms with Gasteiger partial charge in [0.2, 0.25) is 0 Å². The molecule has 0 aliphatic carbocycles. The number of anilines is 1. The first kappa shape index (κ1) is 18.1. The smallest absolute Gasteiger partial charge is 0.274 e. The van der Waals surface area contributed by atoms with Gasteiger partial charge in [0, 0.05) is 25.2 Å². The van der Waals surface area contributed by atoms with Gasteiger partial charge in [0.1, 0.15) is 5.69 Å². The normalized spacial score (nSPS) is 14.3. The maximum atomic E-state index is 12.9. The molecule has 0 atom stereocenters. The van der Waals surface area contributed by atoms with Gasteiger partial charge in [0.25, 0.3) is 11.8 Å². The monoisotopic (exact) mass is 356 g/mol. The summed E-state index contributed by atoms with van der Waals surface area (Å²) in [5.41, 5.74) is 3.43. The predicted octanol–water partition coefficient (Wildman–Crippen LogP) is 2.24. The van der Waals surface area contributed by atoms with Crippen molar-refractivity contribution in [3.05, 3.63) is 46.8 Å². The molecule has 1 N–H and O–H groups in total. The zero-order chi connectivity index (χ0) is 18.7. The molecule has 3 rings (SSSR count). The van der Waals surface area contributed by atoms with Crippen LogP contribution in [-0.4, -0.2) is 52.8 Å². The zero-order valence-electron chi connectivity index (χ0n) is 15.4. The maximum absolute atomic E-state index is 12.9. The Bertz CT molecular complexity index is 822. The minimum absolute atomic E-state index is 0.136. The van der Waals surface area contributed by atoms with Crippen molar-refractivity contribution in [3.63, 3.8) is 0 Å². The van der Waals surface area contributed by atoms with E-state index in [1.54, 1.807) is 21.8 Å². The number of hydrogen-bond acceptors (Lipinski definition) is 4. The number of carbonyl (C=O) groups excluding carboxylic acids is 2. The molecule has 1 aliphatic rings. The average molecular weight is 356 g/mol. The number of ether oxygens (including phenoxy) is 1. The van der Waals surface area contributed by atoms with Gasteiger partial charge in [0.05, 0.1) is 25.1 Å². The summed E-state index contributed by atoms with van der Waals surface area (Å²) in [5.74, 6) is -0.377. The number of benzene rings is 1. The molecule has 0 spiro atoms. The van der Waals surface area contributed by atoms with Crippen LogP contribution < -0.4 is 5.32 Å². The van der Waals surface area contributed by atoms with Gasteiger partial charge in [-0.15, -0.1) is 0 Å². The fourth-order valence-electron chi connectivity index (χ4n) is 3.12. The van der Waals surface area contributed by atoms with E-state index in [0.717, 1.165) is 11.1 Å². The lowest BCUT2D eigenvalue weighted by atomic mass is 10.1. The third-order valence-corrected chi connectivity index (χ3v) is 4.51. The van der Waals surface area contributed by atoms with Crippen LogP contribution in [0.4, 0.5) is 5.69 Å². The van der Waals surface area contributed by atoms with Crippen molar-refractivity contribution >= 4 is 17.5 Å². The number of aromatic nitrogens is 2. The molecule has 1 saturated heterocycles. The number of amides is 2. The molecule has 1 aliphatic heterocycles. The Hall–Kier alpha value is -2.67. The fourth-order valence-corrected chi connectivity index (χ4v) is 3.12. The van der Waals surface area contributed by atoms with Gasteiger partial charge in [0.15, 0.2) is 0 Å². The molecule has 138 valence electrons. The van der Waals surface area contributed by atoms with E-state index >= 15 is 0 Å². The molecule has 0 unspecified atom stereocenters. The number of morpholine rings is 1. The first-order chi connectivity index (χ1) is 12.5. The Morgan fingerprint density at radius 3 is 2.62 bits per heavy atom. The molecular weight excluding hydrogens is 332 g/mol. The van der Waals surface area contributed by atoms with E-state index in [-0.39, 0.29) is 11.8 Å². The fraction of sp³-hybridized carbons (Fsp3) is 0.421. The summed E-state index contributed by atoms with van der Waals surface area (Å²) in [6.45, 7) is 8.47. The third kappa shape index (κ3) is 3.62. The van der Waals surface area contributed by atoms with Crippen molar-refractivity contribution in [2.45, 2.75) is 27.3 Å². The number of rotatable bonds is 4. The van der Waals surface area contributed by atoms with E-state index < -0.39 is 0 Å². The highest BCUT2D eigenvalue weighted by molar-refractivity contribution is 6.09. The number of aryl methyl sites for hydroxylation is 3. The van der Waals surface area contributed by atoms with Gasteiger partial charge >= 0.3 is 0 Å². The minimum atomic E-state index is -0.241. The molecular formula is C19H24N4O3. The second kappa shape index (κ2) is 7.70. The van der Waals surface area contributed by atoms with E-state index in [4.69, 9.17) is 4.74 Å². The van der Waals surface area contributed by atoms with Crippen molar-refractivity contribution < 1.29 is 14.3 Å². The van der Waals surface area contributed by atoms with Crippen molar-refractivity contribution in [3.8, 4) is 0 Å². The Morgan fingerprint density at radius 1 is 1.23 bits per heavy atom. The van der Waals surface area contributed by atoms with Crippen LogP contribution >= 0.6 is 0 Å². The van der Waals surface area contributed by atoms with Crippen molar-refractivity contribution in [2.75, 3.05) is 31.6 Å². The molecule has 1 aromatic heterocycles. The lowest BCUT2D eigenvalue weighted by molar-refractivity contribution is 0.0295. The van der Waals surface area contributed by atoms with Crippen LogP contribution in [0.1, 0.15) is 38.9 Å². The molecule has 1 aromatic carbocycles. The molecule has 0 bridgehead atoms. The van der Waals surface area contributed by atoms with Crippen LogP contribution in [0.2, 0.25) is 0 Å². The highest BCUT2D eigenvalue weighted by Crippen LogP contribution is 2.20. The molecule has 7 nitrogen and oxygen atoms in total. The maximum Gasteiger partial charge on any atom is 0.274 e. The SMILES string of the molecule is CCn1ncc(NC(=O)c2ccc(C)cc2C)c1C(=O)N1CCOCC1. The number of nitrogens with one attached hydrogen (secondary N) is 1. The lowest BCUT2D eigenvalue weighted by Crippen LogP contribution is -2.41. The van der Waals surface area contributed by atoms with Crippen LogP contribution in [0.25, 0.3) is 0 Å². The molecule has 0 radical (unpaired) electrons. The number of carbonyl (C=O) groups is 2. The number of hydrogen-bond donors (Lipinski definition) is 1. The summed E-state index contributed by atoms with van der Waals surface area (Å²) < 4.78 is 6.93. The van der Waals surface area contributed by atoms with Crippen molar-refractivity contribution in [1.82, 2.24) is 14.7 Å². The second-order valence-corrected chi connectivity index (χ2v) is 6.40. The third-order valence-electron chi connectivity index (χ3n) is 4.51. The molecule has 26 heavy (non-hydrogen) atoms. The van der Waals surface area contributed by atoms with Gasteiger partial charge in [-0.1, -0.05) is 17.7 Å². The largest absolute Gasteiger partial charge is 0.378 e.